The molecule has 0 aliphatic heterocycles. The zero-order valence-electron chi connectivity index (χ0n) is 20.0. The maximum Gasteiger partial charge on any atom is 0.119 e. The smallest absolute Gasteiger partial charge is 0.119 e. The lowest BCUT2D eigenvalue weighted by molar-refractivity contribution is -0.890. The van der Waals surface area contributed by atoms with Crippen LogP contribution < -0.4 is 4.74 Å². The van der Waals surface area contributed by atoms with Crippen LogP contribution in [-0.2, 0) is 0 Å². The average Bonchev–Trinajstić information content (AvgIpc) is 2.75. The van der Waals surface area contributed by atoms with Crippen LogP contribution in [0.15, 0.2) is 42.5 Å². The lowest BCUT2D eigenvalue weighted by atomic mass is 10.1. The van der Waals surface area contributed by atoms with Gasteiger partial charge in [-0.1, -0.05) is 82.2 Å². The van der Waals surface area contributed by atoms with Crippen LogP contribution in [0.1, 0.15) is 84.0 Å². The van der Waals surface area contributed by atoms with E-state index in [1.54, 1.807) is 0 Å². The molecular weight excluding hydrogens is 366 g/mol. The molecule has 0 bridgehead atoms. The van der Waals surface area contributed by atoms with Gasteiger partial charge in [0.1, 0.15) is 5.75 Å². The summed E-state index contributed by atoms with van der Waals surface area (Å²) in [4.78, 5) is 0. The van der Waals surface area contributed by atoms with Gasteiger partial charge >= 0.3 is 0 Å². The first-order chi connectivity index (χ1) is 14.6. The molecule has 2 rings (SSSR count). The maximum atomic E-state index is 5.95. The Morgan fingerprint density at radius 3 is 1.87 bits per heavy atom. The lowest BCUT2D eigenvalue weighted by Crippen LogP contribution is -2.41. The Labute approximate surface area is 186 Å². The SMILES string of the molecule is CCCCCC[N+](C)(C)CCCCCCCCCCOc1ccc2ccccc2c1. The topological polar surface area (TPSA) is 9.23 Å². The van der Waals surface area contributed by atoms with Crippen molar-refractivity contribution in [1.82, 2.24) is 0 Å². The van der Waals surface area contributed by atoms with E-state index in [2.05, 4.69) is 63.5 Å². The molecule has 0 amide bonds. The molecule has 0 spiro atoms. The summed E-state index contributed by atoms with van der Waals surface area (Å²) in [6.45, 7) is 5.82. The number of nitrogens with zero attached hydrogens (tertiary/aromatic N) is 1. The molecule has 2 aromatic carbocycles. The van der Waals surface area contributed by atoms with Gasteiger partial charge in [0.15, 0.2) is 0 Å². The Bertz CT molecular complexity index is 694. The van der Waals surface area contributed by atoms with E-state index >= 15 is 0 Å². The molecule has 0 atom stereocenters. The van der Waals surface area contributed by atoms with Gasteiger partial charge in [-0.2, -0.15) is 0 Å². The lowest BCUT2D eigenvalue weighted by Gasteiger charge is -2.30. The molecule has 0 aromatic heterocycles. The number of rotatable bonds is 17. The second kappa shape index (κ2) is 14.5. The minimum Gasteiger partial charge on any atom is -0.494 e. The highest BCUT2D eigenvalue weighted by atomic mass is 16.5. The Morgan fingerprint density at radius 1 is 0.633 bits per heavy atom. The molecule has 0 saturated heterocycles. The van der Waals surface area contributed by atoms with Crippen molar-refractivity contribution in [1.29, 1.82) is 0 Å². The molecule has 2 heteroatoms. The van der Waals surface area contributed by atoms with E-state index in [9.17, 15) is 0 Å². The van der Waals surface area contributed by atoms with Gasteiger partial charge in [0.05, 0.1) is 33.8 Å². The third kappa shape index (κ3) is 10.5. The van der Waals surface area contributed by atoms with Crippen LogP contribution in [0.4, 0.5) is 0 Å². The van der Waals surface area contributed by atoms with Gasteiger partial charge in [0.25, 0.3) is 0 Å². The summed E-state index contributed by atoms with van der Waals surface area (Å²) in [5.74, 6) is 1.00. The molecule has 0 radical (unpaired) electrons. The minimum atomic E-state index is 0.837. The van der Waals surface area contributed by atoms with Crippen molar-refractivity contribution in [2.75, 3.05) is 33.8 Å². The van der Waals surface area contributed by atoms with E-state index in [1.807, 2.05) is 0 Å². The van der Waals surface area contributed by atoms with Gasteiger partial charge in [-0.25, -0.2) is 0 Å². The second-order valence-electron chi connectivity index (χ2n) is 9.63. The number of quaternary nitrogens is 1. The first-order valence-corrected chi connectivity index (χ1v) is 12.5. The Balaban J connectivity index is 1.41. The largest absolute Gasteiger partial charge is 0.494 e. The van der Waals surface area contributed by atoms with Gasteiger partial charge in [0, 0.05) is 0 Å². The van der Waals surface area contributed by atoms with Crippen molar-refractivity contribution >= 4 is 10.8 Å². The fourth-order valence-corrected chi connectivity index (χ4v) is 4.23. The Kier molecular flexibility index (Phi) is 11.9. The fraction of sp³-hybridized carbons (Fsp3) is 0.643. The van der Waals surface area contributed by atoms with E-state index in [0.717, 1.165) is 18.8 Å². The summed E-state index contributed by atoms with van der Waals surface area (Å²) in [5.41, 5.74) is 0. The first-order valence-electron chi connectivity index (χ1n) is 12.5. The highest BCUT2D eigenvalue weighted by molar-refractivity contribution is 5.83. The van der Waals surface area contributed by atoms with E-state index in [4.69, 9.17) is 4.74 Å². The van der Waals surface area contributed by atoms with Crippen molar-refractivity contribution in [3.05, 3.63) is 42.5 Å². The number of fused-ring (bicyclic) bond motifs is 1. The summed E-state index contributed by atoms with van der Waals surface area (Å²) in [6.07, 6.45) is 16.3. The zero-order chi connectivity index (χ0) is 21.5. The molecule has 0 unspecified atom stereocenters. The standard InChI is InChI=1S/C28H46NO/c1-4-5-6-15-22-29(2,3)23-16-11-9-7-8-10-12-17-24-30-28-21-20-26-18-13-14-19-27(26)25-28/h13-14,18-21,25H,4-12,15-17,22-24H2,1-3H3/q+1. The normalized spacial score (nSPS) is 11.8. The van der Waals surface area contributed by atoms with Crippen LogP contribution in [0.3, 0.4) is 0 Å². The summed E-state index contributed by atoms with van der Waals surface area (Å²) in [6, 6.07) is 14.9. The van der Waals surface area contributed by atoms with Crippen LogP contribution in [0.5, 0.6) is 5.75 Å². The third-order valence-electron chi connectivity index (χ3n) is 6.26. The number of unbranched alkanes of at least 4 members (excludes halogenated alkanes) is 10. The van der Waals surface area contributed by atoms with Crippen LogP contribution in [-0.4, -0.2) is 38.3 Å². The van der Waals surface area contributed by atoms with Gasteiger partial charge < -0.3 is 9.22 Å². The average molecular weight is 413 g/mol. The molecule has 2 nitrogen and oxygen atoms in total. The van der Waals surface area contributed by atoms with Crippen LogP contribution in [0.2, 0.25) is 0 Å². The number of benzene rings is 2. The van der Waals surface area contributed by atoms with Gasteiger partial charge in [-0.15, -0.1) is 0 Å². The van der Waals surface area contributed by atoms with Gasteiger partial charge in [-0.05, 0) is 55.0 Å². The van der Waals surface area contributed by atoms with E-state index < -0.39 is 0 Å². The Morgan fingerprint density at radius 2 is 1.20 bits per heavy atom. The van der Waals surface area contributed by atoms with E-state index in [1.165, 1.54) is 99.0 Å². The zero-order valence-corrected chi connectivity index (χ0v) is 20.0. The molecular formula is C28H46NO+. The predicted molar refractivity (Wildman–Crippen MR) is 132 cm³/mol. The monoisotopic (exact) mass is 412 g/mol. The minimum absolute atomic E-state index is 0.837. The first kappa shape index (κ1) is 24.7. The van der Waals surface area contributed by atoms with Crippen molar-refractivity contribution in [3.8, 4) is 5.75 Å². The molecule has 0 heterocycles. The molecule has 30 heavy (non-hydrogen) atoms. The quantitative estimate of drug-likeness (QED) is 0.189. The second-order valence-corrected chi connectivity index (χ2v) is 9.63. The van der Waals surface area contributed by atoms with Crippen molar-refractivity contribution in [2.45, 2.75) is 84.0 Å². The maximum absolute atomic E-state index is 5.95. The number of hydrogen-bond donors (Lipinski definition) is 0. The predicted octanol–water partition coefficient (Wildman–Crippen LogP) is 8.00. The molecule has 0 N–H and O–H groups in total. The Hall–Kier alpha value is -1.54. The number of ether oxygens (including phenoxy) is 1. The fourth-order valence-electron chi connectivity index (χ4n) is 4.23. The summed E-state index contributed by atoms with van der Waals surface area (Å²) < 4.78 is 7.15. The summed E-state index contributed by atoms with van der Waals surface area (Å²) in [7, 11) is 4.82. The van der Waals surface area contributed by atoms with E-state index in [0.29, 0.717) is 0 Å². The molecule has 0 aliphatic rings. The highest BCUT2D eigenvalue weighted by Crippen LogP contribution is 2.21. The van der Waals surface area contributed by atoms with E-state index in [-0.39, 0.29) is 0 Å². The van der Waals surface area contributed by atoms with Crippen LogP contribution in [0.25, 0.3) is 10.8 Å². The molecule has 168 valence electrons. The molecule has 0 saturated carbocycles. The van der Waals surface area contributed by atoms with Crippen LogP contribution >= 0.6 is 0 Å². The summed E-state index contributed by atoms with van der Waals surface area (Å²) >= 11 is 0. The third-order valence-corrected chi connectivity index (χ3v) is 6.26. The van der Waals surface area contributed by atoms with Crippen molar-refractivity contribution in [3.63, 3.8) is 0 Å². The highest BCUT2D eigenvalue weighted by Gasteiger charge is 2.13. The van der Waals surface area contributed by atoms with Crippen molar-refractivity contribution in [2.24, 2.45) is 0 Å². The van der Waals surface area contributed by atoms with Crippen LogP contribution in [0, 0.1) is 0 Å². The van der Waals surface area contributed by atoms with Crippen molar-refractivity contribution < 1.29 is 9.22 Å². The summed E-state index contributed by atoms with van der Waals surface area (Å²) in [5, 5.41) is 2.54. The molecule has 0 fully saturated rings. The van der Waals surface area contributed by atoms with Gasteiger partial charge in [0.2, 0.25) is 0 Å². The molecule has 2 aromatic rings. The van der Waals surface area contributed by atoms with Gasteiger partial charge in [-0.3, -0.25) is 0 Å². The molecule has 0 aliphatic carbocycles. The number of hydrogen-bond acceptors (Lipinski definition) is 1.